The van der Waals surface area contributed by atoms with Crippen LogP contribution in [-0.2, 0) is 16.1 Å². The Morgan fingerprint density at radius 3 is 2.80 bits per heavy atom. The molecule has 2 rings (SSSR count). The van der Waals surface area contributed by atoms with Gasteiger partial charge in [0, 0.05) is 6.54 Å². The molecule has 3 nitrogen and oxygen atoms in total. The molecule has 2 atom stereocenters. The molecule has 3 heteroatoms. The van der Waals surface area contributed by atoms with E-state index in [1.54, 1.807) is 12.2 Å². The zero-order valence-corrected chi connectivity index (χ0v) is 11.9. The second-order valence-corrected chi connectivity index (χ2v) is 5.07. The van der Waals surface area contributed by atoms with E-state index >= 15 is 0 Å². The summed E-state index contributed by atoms with van der Waals surface area (Å²) in [6.45, 7) is 7.50. The summed E-state index contributed by atoms with van der Waals surface area (Å²) in [6, 6.07) is 10.1. The van der Waals surface area contributed by atoms with Gasteiger partial charge in [-0.25, -0.2) is 0 Å². The Morgan fingerprint density at radius 2 is 2.10 bits per heavy atom. The van der Waals surface area contributed by atoms with Crippen molar-refractivity contribution < 1.29 is 9.53 Å². The van der Waals surface area contributed by atoms with Gasteiger partial charge in [-0.05, 0) is 17.6 Å². The molecule has 0 fully saturated rings. The van der Waals surface area contributed by atoms with E-state index in [0.717, 1.165) is 5.56 Å². The number of carbonyl (C=O) groups is 1. The molecule has 0 saturated heterocycles. The summed E-state index contributed by atoms with van der Waals surface area (Å²) in [5.74, 6) is 0.333. The Kier molecular flexibility index (Phi) is 5.13. The normalized spacial score (nSPS) is 22.1. The van der Waals surface area contributed by atoms with Crippen molar-refractivity contribution in [3.8, 4) is 0 Å². The summed E-state index contributed by atoms with van der Waals surface area (Å²) in [5.41, 5.74) is 1.15. The molecule has 1 aromatic carbocycles. The van der Waals surface area contributed by atoms with E-state index in [1.807, 2.05) is 41.3 Å². The van der Waals surface area contributed by atoms with Crippen LogP contribution in [0.2, 0.25) is 0 Å². The number of nitrogens with zero attached hydrogens (tertiary/aromatic N) is 1. The van der Waals surface area contributed by atoms with Gasteiger partial charge in [0.1, 0.15) is 0 Å². The molecule has 1 aliphatic rings. The van der Waals surface area contributed by atoms with Gasteiger partial charge in [-0.15, -0.1) is 6.58 Å². The number of carbonyl (C=O) groups excluding carboxylic acids is 1. The van der Waals surface area contributed by atoms with Gasteiger partial charge in [-0.3, -0.25) is 4.79 Å². The number of hydrogen-bond donors (Lipinski definition) is 0. The lowest BCUT2D eigenvalue weighted by Crippen LogP contribution is -2.48. The van der Waals surface area contributed by atoms with Crippen LogP contribution >= 0.6 is 0 Å². The maximum absolute atomic E-state index is 11.9. The predicted molar refractivity (Wildman–Crippen MR) is 80.1 cm³/mol. The lowest BCUT2D eigenvalue weighted by molar-refractivity contribution is -0.131. The number of rotatable bonds is 6. The molecular formula is C17H21NO2. The van der Waals surface area contributed by atoms with E-state index in [9.17, 15) is 4.79 Å². The van der Waals surface area contributed by atoms with Crippen molar-refractivity contribution in [1.82, 2.24) is 4.90 Å². The summed E-state index contributed by atoms with van der Waals surface area (Å²) in [5, 5.41) is 0. The summed E-state index contributed by atoms with van der Waals surface area (Å²) in [4.78, 5) is 13.7. The van der Waals surface area contributed by atoms with Gasteiger partial charge in [0.25, 0.3) is 0 Å². The first-order valence-corrected chi connectivity index (χ1v) is 6.93. The first kappa shape index (κ1) is 14.5. The molecule has 0 bridgehead atoms. The highest BCUT2D eigenvalue weighted by Crippen LogP contribution is 2.19. The summed E-state index contributed by atoms with van der Waals surface area (Å²) >= 11 is 0. The maximum Gasteiger partial charge on any atom is 0.246 e. The van der Waals surface area contributed by atoms with E-state index < -0.39 is 0 Å². The zero-order chi connectivity index (χ0) is 14.4. The summed E-state index contributed by atoms with van der Waals surface area (Å²) in [6.07, 6.45) is 5.36. The monoisotopic (exact) mass is 271 g/mol. The average Bonchev–Trinajstić information content (AvgIpc) is 2.47. The number of amides is 1. The van der Waals surface area contributed by atoms with E-state index in [-0.39, 0.29) is 11.9 Å². The third-order valence-corrected chi connectivity index (χ3v) is 3.56. The molecule has 20 heavy (non-hydrogen) atoms. The van der Waals surface area contributed by atoms with Crippen LogP contribution in [0, 0.1) is 5.92 Å². The Labute approximate surface area is 120 Å². The largest absolute Gasteiger partial charge is 0.375 e. The summed E-state index contributed by atoms with van der Waals surface area (Å²) < 4.78 is 5.79. The van der Waals surface area contributed by atoms with Crippen molar-refractivity contribution in [1.29, 1.82) is 0 Å². The van der Waals surface area contributed by atoms with E-state index in [0.29, 0.717) is 25.7 Å². The highest BCUT2D eigenvalue weighted by Gasteiger charge is 2.29. The Bertz CT molecular complexity index is 481. The number of hydrogen-bond acceptors (Lipinski definition) is 2. The smallest absolute Gasteiger partial charge is 0.246 e. The van der Waals surface area contributed by atoms with Gasteiger partial charge in [0.2, 0.25) is 5.91 Å². The van der Waals surface area contributed by atoms with Crippen molar-refractivity contribution in [2.75, 3.05) is 13.2 Å². The van der Waals surface area contributed by atoms with Crippen LogP contribution < -0.4 is 0 Å². The summed E-state index contributed by atoms with van der Waals surface area (Å²) in [7, 11) is 0. The van der Waals surface area contributed by atoms with Gasteiger partial charge in [-0.2, -0.15) is 0 Å². The van der Waals surface area contributed by atoms with E-state index in [1.165, 1.54) is 0 Å². The SMILES string of the molecule is C=CCN1C(=O)C=CC(C)C1COCc1ccccc1. The van der Waals surface area contributed by atoms with Gasteiger partial charge in [0.15, 0.2) is 0 Å². The molecular weight excluding hydrogens is 250 g/mol. The molecule has 0 N–H and O–H groups in total. The van der Waals surface area contributed by atoms with E-state index in [2.05, 4.69) is 13.5 Å². The maximum atomic E-state index is 11.9. The molecule has 0 aliphatic carbocycles. The van der Waals surface area contributed by atoms with E-state index in [4.69, 9.17) is 4.74 Å². The van der Waals surface area contributed by atoms with Gasteiger partial charge in [0.05, 0.1) is 19.3 Å². The van der Waals surface area contributed by atoms with Crippen LogP contribution in [0.15, 0.2) is 55.1 Å². The molecule has 0 radical (unpaired) electrons. The van der Waals surface area contributed by atoms with Crippen molar-refractivity contribution in [2.24, 2.45) is 5.92 Å². The predicted octanol–water partition coefficient (Wildman–Crippen LogP) is 2.79. The fraction of sp³-hybridized carbons (Fsp3) is 0.353. The minimum absolute atomic E-state index is 0.0383. The number of ether oxygens (including phenoxy) is 1. The van der Waals surface area contributed by atoms with Gasteiger partial charge < -0.3 is 9.64 Å². The minimum Gasteiger partial charge on any atom is -0.375 e. The first-order valence-electron chi connectivity index (χ1n) is 6.93. The molecule has 1 amide bonds. The Hall–Kier alpha value is -1.87. The second-order valence-electron chi connectivity index (χ2n) is 5.07. The van der Waals surface area contributed by atoms with Crippen LogP contribution in [0.5, 0.6) is 0 Å². The van der Waals surface area contributed by atoms with Gasteiger partial charge >= 0.3 is 0 Å². The molecule has 106 valence electrons. The van der Waals surface area contributed by atoms with Crippen LogP contribution in [-0.4, -0.2) is 30.0 Å². The van der Waals surface area contributed by atoms with Crippen LogP contribution in [0.4, 0.5) is 0 Å². The number of benzene rings is 1. The molecule has 0 aromatic heterocycles. The van der Waals surface area contributed by atoms with Crippen molar-refractivity contribution in [3.63, 3.8) is 0 Å². The standard InChI is InChI=1S/C17H21NO2/c1-3-11-18-16(14(2)9-10-17(18)19)13-20-12-15-7-5-4-6-8-15/h3-10,14,16H,1,11-13H2,2H3. The molecule has 0 saturated carbocycles. The zero-order valence-electron chi connectivity index (χ0n) is 11.9. The lowest BCUT2D eigenvalue weighted by atomic mass is 9.96. The fourth-order valence-corrected chi connectivity index (χ4v) is 2.38. The van der Waals surface area contributed by atoms with Crippen LogP contribution in [0.1, 0.15) is 12.5 Å². The average molecular weight is 271 g/mol. The molecule has 1 aliphatic heterocycles. The van der Waals surface area contributed by atoms with Crippen molar-refractivity contribution >= 4 is 5.91 Å². The fourth-order valence-electron chi connectivity index (χ4n) is 2.38. The first-order chi connectivity index (χ1) is 9.72. The quantitative estimate of drug-likeness (QED) is 0.745. The minimum atomic E-state index is 0.0383. The molecule has 1 heterocycles. The highest BCUT2D eigenvalue weighted by molar-refractivity contribution is 5.89. The van der Waals surface area contributed by atoms with Gasteiger partial charge in [-0.1, -0.05) is 49.4 Å². The van der Waals surface area contributed by atoms with Crippen LogP contribution in [0.3, 0.4) is 0 Å². The lowest BCUT2D eigenvalue weighted by Gasteiger charge is -2.36. The van der Waals surface area contributed by atoms with Crippen molar-refractivity contribution in [3.05, 3.63) is 60.7 Å². The molecule has 0 spiro atoms. The Balaban J connectivity index is 1.93. The van der Waals surface area contributed by atoms with Crippen LogP contribution in [0.25, 0.3) is 0 Å². The third kappa shape index (κ3) is 3.58. The van der Waals surface area contributed by atoms with Crippen molar-refractivity contribution in [2.45, 2.75) is 19.6 Å². The molecule has 1 aromatic rings. The molecule has 2 unspecified atom stereocenters. The third-order valence-electron chi connectivity index (χ3n) is 3.56. The highest BCUT2D eigenvalue weighted by atomic mass is 16.5. The Morgan fingerprint density at radius 1 is 1.35 bits per heavy atom. The topological polar surface area (TPSA) is 29.5 Å². The second kappa shape index (κ2) is 7.06.